The Hall–Kier alpha value is -3.17. The summed E-state index contributed by atoms with van der Waals surface area (Å²) in [6.07, 6.45) is 12.1. The summed E-state index contributed by atoms with van der Waals surface area (Å²) < 4.78 is 42.8. The van der Waals surface area contributed by atoms with Crippen molar-refractivity contribution in [1.29, 1.82) is 0 Å². The molecule has 0 aliphatic carbocycles. The second kappa shape index (κ2) is 25.9. The van der Waals surface area contributed by atoms with Gasteiger partial charge in [-0.25, -0.2) is 18.1 Å². The van der Waals surface area contributed by atoms with Crippen LogP contribution in [0.1, 0.15) is 111 Å². The van der Waals surface area contributed by atoms with Gasteiger partial charge >= 0.3 is 0 Å². The second-order valence-electron chi connectivity index (χ2n) is 14.8. The average molecular weight is 806 g/mol. The topological polar surface area (TPSA) is 148 Å². The highest BCUT2D eigenvalue weighted by atomic mass is 32.2. The molecule has 0 aliphatic heterocycles. The summed E-state index contributed by atoms with van der Waals surface area (Å²) in [5.41, 5.74) is 3.04. The van der Waals surface area contributed by atoms with Gasteiger partial charge in [0, 0.05) is 42.3 Å². The zero-order valence-corrected chi connectivity index (χ0v) is 36.3. The zero-order valence-electron chi connectivity index (χ0n) is 34.7. The molecule has 2 aromatic carbocycles. The van der Waals surface area contributed by atoms with Gasteiger partial charge in [0.2, 0.25) is 17.2 Å². The number of carbonyl (C=O) groups excluding carboxylic acids is 2. The van der Waals surface area contributed by atoms with Crippen molar-refractivity contribution in [1.82, 2.24) is 4.72 Å². The second-order valence-corrected chi connectivity index (χ2v) is 17.1. The fourth-order valence-corrected chi connectivity index (χ4v) is 7.17. The number of anilines is 3. The van der Waals surface area contributed by atoms with E-state index in [9.17, 15) is 18.0 Å². The predicted octanol–water partition coefficient (Wildman–Crippen LogP) is 8.58. The van der Waals surface area contributed by atoms with Crippen LogP contribution >= 0.6 is 0 Å². The van der Waals surface area contributed by atoms with E-state index >= 15 is 0 Å². The standard InChI is InChI=1S/C41H67N5O7S2/c1-10-12-13-14-15-16-17-18-19-20-27-53-54(49)30-32(4)39(47)43-33-21-24-37(51-8)36(29-33)45-40(48)38(41(5,6)7)44-35-23-22-34(28-31(35)3)46(11-2)26-25-42-55(50)52-9/h21-24,28-29,32,42H,10-20,25-27,30H2,1-9H3,(H,43,47)(H,45,48). The van der Waals surface area contributed by atoms with Crippen molar-refractivity contribution in [2.45, 2.75) is 113 Å². The zero-order chi connectivity index (χ0) is 40.8. The van der Waals surface area contributed by atoms with Gasteiger partial charge in [-0.05, 0) is 62.2 Å². The molecule has 0 aromatic heterocycles. The molecule has 2 aromatic rings. The van der Waals surface area contributed by atoms with Crippen molar-refractivity contribution in [3.05, 3.63) is 42.0 Å². The number of nitrogens with zero attached hydrogens (tertiary/aromatic N) is 2. The van der Waals surface area contributed by atoms with Crippen LogP contribution in [0.15, 0.2) is 41.4 Å². The molecule has 0 radical (unpaired) electrons. The summed E-state index contributed by atoms with van der Waals surface area (Å²) in [6.45, 7) is 16.0. The molecule has 0 spiro atoms. The Morgan fingerprint density at radius 1 is 0.891 bits per heavy atom. The quantitative estimate of drug-likeness (QED) is 0.0601. The van der Waals surface area contributed by atoms with Crippen LogP contribution in [0.2, 0.25) is 0 Å². The first-order valence-corrected chi connectivity index (χ1v) is 22.0. The molecule has 12 nitrogen and oxygen atoms in total. The molecule has 14 heteroatoms. The van der Waals surface area contributed by atoms with E-state index in [1.807, 2.05) is 52.8 Å². The lowest BCUT2D eigenvalue weighted by molar-refractivity contribution is -0.118. The van der Waals surface area contributed by atoms with Crippen molar-refractivity contribution in [3.8, 4) is 5.75 Å². The Balaban J connectivity index is 2.02. The minimum absolute atomic E-state index is 0.0827. The summed E-state index contributed by atoms with van der Waals surface area (Å²) >= 11 is -3.10. The van der Waals surface area contributed by atoms with Crippen LogP contribution in [0, 0.1) is 18.3 Å². The highest BCUT2D eigenvalue weighted by Gasteiger charge is 2.28. The van der Waals surface area contributed by atoms with Crippen molar-refractivity contribution in [2.75, 3.05) is 61.7 Å². The van der Waals surface area contributed by atoms with Crippen molar-refractivity contribution < 1.29 is 31.1 Å². The fraction of sp³-hybridized carbons (Fsp3) is 0.634. The van der Waals surface area contributed by atoms with E-state index in [1.54, 1.807) is 25.1 Å². The van der Waals surface area contributed by atoms with Crippen LogP contribution in [0.5, 0.6) is 5.75 Å². The van der Waals surface area contributed by atoms with Gasteiger partial charge in [0.15, 0.2) is 11.1 Å². The van der Waals surface area contributed by atoms with E-state index < -0.39 is 39.6 Å². The highest BCUT2D eigenvalue weighted by molar-refractivity contribution is 7.80. The van der Waals surface area contributed by atoms with E-state index in [0.717, 1.165) is 37.1 Å². The molecule has 0 saturated heterocycles. The van der Waals surface area contributed by atoms with Gasteiger partial charge < -0.3 is 20.3 Å². The van der Waals surface area contributed by atoms with Gasteiger partial charge in [0.25, 0.3) is 5.91 Å². The fourth-order valence-electron chi connectivity index (χ4n) is 5.83. The average Bonchev–Trinajstić information content (AvgIpc) is 3.14. The number of ether oxygens (including phenoxy) is 1. The van der Waals surface area contributed by atoms with Crippen molar-refractivity contribution in [2.24, 2.45) is 16.3 Å². The monoisotopic (exact) mass is 805 g/mol. The van der Waals surface area contributed by atoms with E-state index in [4.69, 9.17) is 18.1 Å². The molecule has 3 unspecified atom stereocenters. The smallest absolute Gasteiger partial charge is 0.270 e. The van der Waals surface area contributed by atoms with Crippen LogP contribution in [-0.2, 0) is 40.3 Å². The summed E-state index contributed by atoms with van der Waals surface area (Å²) in [5, 5.41) is 5.82. The van der Waals surface area contributed by atoms with Crippen LogP contribution in [0.25, 0.3) is 0 Å². The summed E-state index contributed by atoms with van der Waals surface area (Å²) in [4.78, 5) is 33.9. The predicted molar refractivity (Wildman–Crippen MR) is 229 cm³/mol. The van der Waals surface area contributed by atoms with E-state index in [2.05, 4.69) is 27.2 Å². The largest absolute Gasteiger partial charge is 0.495 e. The number of aliphatic imine (C=N–C) groups is 1. The third-order valence-electron chi connectivity index (χ3n) is 9.10. The van der Waals surface area contributed by atoms with Gasteiger partial charge in [-0.2, -0.15) is 0 Å². The highest BCUT2D eigenvalue weighted by Crippen LogP contribution is 2.31. The molecular formula is C41H67N5O7S2. The minimum atomic E-state index is -1.57. The lowest BCUT2D eigenvalue weighted by atomic mass is 9.89. The number of nitrogens with one attached hydrogen (secondary N) is 3. The summed E-state index contributed by atoms with van der Waals surface area (Å²) in [7, 11) is 2.89. The van der Waals surface area contributed by atoms with E-state index in [0.29, 0.717) is 48.2 Å². The maximum atomic E-state index is 13.9. The lowest BCUT2D eigenvalue weighted by Gasteiger charge is -2.24. The van der Waals surface area contributed by atoms with Gasteiger partial charge in [-0.1, -0.05) is 92.4 Å². The van der Waals surface area contributed by atoms with Gasteiger partial charge in [0.05, 0.1) is 38.0 Å². The molecule has 0 fully saturated rings. The van der Waals surface area contributed by atoms with Gasteiger partial charge in [0.1, 0.15) is 11.5 Å². The normalized spacial score (nSPS) is 13.6. The van der Waals surface area contributed by atoms with E-state index in [-0.39, 0.29) is 11.7 Å². The number of likely N-dealkylation sites (N-methyl/N-ethyl adjacent to an activating group) is 1. The third kappa shape index (κ3) is 18.1. The van der Waals surface area contributed by atoms with Crippen LogP contribution < -0.4 is 25.0 Å². The molecule has 3 atom stereocenters. The minimum Gasteiger partial charge on any atom is -0.495 e. The number of hydrogen-bond donors (Lipinski definition) is 3. The van der Waals surface area contributed by atoms with Crippen LogP contribution in [0.4, 0.5) is 22.7 Å². The number of unbranched alkanes of at least 4 members (excludes halogenated alkanes) is 9. The van der Waals surface area contributed by atoms with E-state index in [1.165, 1.54) is 59.2 Å². The van der Waals surface area contributed by atoms with Crippen LogP contribution in [-0.4, -0.2) is 72.2 Å². The molecular weight excluding hydrogens is 739 g/mol. The molecule has 310 valence electrons. The molecule has 0 bridgehead atoms. The SMILES string of the molecule is CCCCCCCCCCCCOS(=O)CC(C)C(=O)Nc1ccc(OC)c(NC(=O)C(=Nc2ccc(N(CC)CCNS(=O)OC)cc2C)C(C)(C)C)c1. The number of methoxy groups -OCH3 is 1. The molecule has 3 N–H and O–H groups in total. The Morgan fingerprint density at radius 3 is 2.13 bits per heavy atom. The Labute approximate surface area is 335 Å². The molecule has 0 heterocycles. The number of amides is 2. The Morgan fingerprint density at radius 2 is 1.55 bits per heavy atom. The van der Waals surface area contributed by atoms with Crippen molar-refractivity contribution >= 4 is 62.6 Å². The molecule has 2 rings (SSSR count). The molecule has 0 aliphatic rings. The van der Waals surface area contributed by atoms with Gasteiger partial charge in [-0.15, -0.1) is 0 Å². The lowest BCUT2D eigenvalue weighted by Crippen LogP contribution is -2.34. The van der Waals surface area contributed by atoms with Gasteiger partial charge in [-0.3, -0.25) is 18.0 Å². The molecule has 0 saturated carbocycles. The Bertz CT molecular complexity index is 1560. The van der Waals surface area contributed by atoms with Crippen LogP contribution in [0.3, 0.4) is 0 Å². The number of rotatable bonds is 27. The number of aryl methyl sites for hydroxylation is 1. The molecule has 55 heavy (non-hydrogen) atoms. The maximum Gasteiger partial charge on any atom is 0.270 e. The Kier molecular flexibility index (Phi) is 22.6. The van der Waals surface area contributed by atoms with Crippen molar-refractivity contribution in [3.63, 3.8) is 0 Å². The maximum absolute atomic E-state index is 13.9. The number of carbonyl (C=O) groups is 2. The summed E-state index contributed by atoms with van der Waals surface area (Å²) in [6, 6.07) is 10.9. The first-order chi connectivity index (χ1) is 26.2. The number of hydrogen-bond acceptors (Lipinski definition) is 9. The molecule has 2 amide bonds. The number of benzene rings is 2. The summed E-state index contributed by atoms with van der Waals surface area (Å²) in [5.74, 6) is -0.784. The first-order valence-electron chi connectivity index (χ1n) is 19.7. The first kappa shape index (κ1) is 48.0. The third-order valence-corrected chi connectivity index (χ3v) is 11.0.